The van der Waals surface area contributed by atoms with E-state index in [4.69, 9.17) is 21.3 Å². The number of primary amides is 1. The average Bonchev–Trinajstić information content (AvgIpc) is 3.33. The predicted molar refractivity (Wildman–Crippen MR) is 141 cm³/mol. The number of nitrogens with two attached hydrogens (primary N) is 2. The Kier molecular flexibility index (Phi) is 6.65. The van der Waals surface area contributed by atoms with Gasteiger partial charge >= 0.3 is 5.96 Å². The highest BCUT2D eigenvalue weighted by Gasteiger charge is 2.48. The first kappa shape index (κ1) is 25.4. The van der Waals surface area contributed by atoms with Crippen molar-refractivity contribution in [2.45, 2.75) is 30.2 Å². The molecule has 0 aromatic heterocycles. The third-order valence-corrected chi connectivity index (χ3v) is 7.54. The number of guanidine groups is 1. The van der Waals surface area contributed by atoms with E-state index in [-0.39, 0.29) is 28.1 Å². The molecule has 2 heterocycles. The van der Waals surface area contributed by atoms with Crippen LogP contribution in [0.5, 0.6) is 5.75 Å². The number of nitrogens with zero attached hydrogens (tertiary/aromatic N) is 4. The lowest BCUT2D eigenvalue weighted by Gasteiger charge is -2.32. The second kappa shape index (κ2) is 9.41. The summed E-state index contributed by atoms with van der Waals surface area (Å²) >= 11 is 0. The first-order chi connectivity index (χ1) is 17.1. The van der Waals surface area contributed by atoms with Crippen LogP contribution in [0.2, 0.25) is 0 Å². The Morgan fingerprint density at radius 1 is 1.22 bits per heavy atom. The van der Waals surface area contributed by atoms with E-state index in [9.17, 15) is 13.2 Å². The SMILES string of the molecule is CCC1=N[N+](C2=NCC(C(N)=O)(c3ccccc3S(C)(=O)=O)C=N2)(c2ccc(OC)cc2CN)C=C1. The molecule has 188 valence electrons. The van der Waals surface area contributed by atoms with Crippen LogP contribution in [0.4, 0.5) is 5.69 Å². The Balaban J connectivity index is 1.87. The van der Waals surface area contributed by atoms with Gasteiger partial charge in [0.25, 0.3) is 0 Å². The van der Waals surface area contributed by atoms with Crippen LogP contribution in [-0.4, -0.2) is 52.1 Å². The van der Waals surface area contributed by atoms with Gasteiger partial charge in [0.2, 0.25) is 5.91 Å². The maximum absolute atomic E-state index is 12.8. The smallest absolute Gasteiger partial charge is 0.361 e. The molecular weight excluding hydrogens is 480 g/mol. The molecule has 2 aromatic carbocycles. The first-order valence-electron chi connectivity index (χ1n) is 11.4. The fourth-order valence-corrected chi connectivity index (χ4v) is 5.39. The number of amides is 1. The number of carbonyl (C=O) groups is 1. The quantitative estimate of drug-likeness (QED) is 0.548. The number of methoxy groups -OCH3 is 1. The van der Waals surface area contributed by atoms with E-state index in [1.54, 1.807) is 25.3 Å². The van der Waals surface area contributed by atoms with Gasteiger partial charge in [0.05, 0.1) is 18.6 Å². The number of ether oxygens (including phenoxy) is 1. The van der Waals surface area contributed by atoms with E-state index in [1.165, 1.54) is 12.3 Å². The van der Waals surface area contributed by atoms with Crippen molar-refractivity contribution in [3.8, 4) is 5.75 Å². The largest absolute Gasteiger partial charge is 0.497 e. The van der Waals surface area contributed by atoms with Crippen molar-refractivity contribution in [2.24, 2.45) is 26.6 Å². The highest BCUT2D eigenvalue weighted by atomic mass is 32.2. The fourth-order valence-electron chi connectivity index (χ4n) is 4.42. The lowest BCUT2D eigenvalue weighted by Crippen LogP contribution is -2.51. The molecule has 2 atom stereocenters. The van der Waals surface area contributed by atoms with Crippen LogP contribution in [0.25, 0.3) is 0 Å². The van der Waals surface area contributed by atoms with Gasteiger partial charge in [-0.25, -0.2) is 13.4 Å². The van der Waals surface area contributed by atoms with Gasteiger partial charge in [0, 0.05) is 36.7 Å². The Morgan fingerprint density at radius 2 is 1.97 bits per heavy atom. The number of aliphatic imine (C=N–C) groups is 2. The van der Waals surface area contributed by atoms with Crippen LogP contribution in [0.15, 0.2) is 74.7 Å². The lowest BCUT2D eigenvalue weighted by atomic mass is 9.80. The average molecular weight is 510 g/mol. The molecule has 36 heavy (non-hydrogen) atoms. The molecule has 0 spiro atoms. The van der Waals surface area contributed by atoms with E-state index in [0.29, 0.717) is 18.1 Å². The molecule has 10 nitrogen and oxygen atoms in total. The van der Waals surface area contributed by atoms with Gasteiger partial charge in [-0.3, -0.25) is 4.79 Å². The number of allylic oxidation sites excluding steroid dienone is 1. The van der Waals surface area contributed by atoms with Gasteiger partial charge in [-0.15, -0.1) is 0 Å². The minimum atomic E-state index is -3.65. The molecular formula is C25H29N6O4S+. The van der Waals surface area contributed by atoms with Gasteiger partial charge in [-0.1, -0.05) is 34.8 Å². The maximum atomic E-state index is 12.8. The van der Waals surface area contributed by atoms with E-state index < -0.39 is 21.2 Å². The summed E-state index contributed by atoms with van der Waals surface area (Å²) in [6, 6.07) is 11.8. The summed E-state index contributed by atoms with van der Waals surface area (Å²) in [5.74, 6) is 0.196. The third-order valence-electron chi connectivity index (χ3n) is 6.39. The van der Waals surface area contributed by atoms with Crippen LogP contribution in [0, 0.1) is 0 Å². The number of hydrogen-bond donors (Lipinski definition) is 2. The number of rotatable bonds is 7. The number of quaternary nitrogens is 1. The van der Waals surface area contributed by atoms with Crippen LogP contribution >= 0.6 is 0 Å². The summed E-state index contributed by atoms with van der Waals surface area (Å²) in [5.41, 5.74) is 13.0. The molecule has 0 saturated carbocycles. The number of benzene rings is 2. The highest BCUT2D eigenvalue weighted by molar-refractivity contribution is 7.90. The molecule has 11 heteroatoms. The minimum Gasteiger partial charge on any atom is -0.497 e. The molecule has 0 radical (unpaired) electrons. The van der Waals surface area contributed by atoms with Gasteiger partial charge < -0.3 is 16.2 Å². The van der Waals surface area contributed by atoms with Crippen molar-refractivity contribution in [1.29, 1.82) is 0 Å². The van der Waals surface area contributed by atoms with Crippen molar-refractivity contribution >= 4 is 39.3 Å². The van der Waals surface area contributed by atoms with Crippen LogP contribution in [-0.2, 0) is 26.6 Å². The van der Waals surface area contributed by atoms with E-state index in [2.05, 4.69) is 9.98 Å². The Morgan fingerprint density at radius 3 is 2.53 bits per heavy atom. The topological polar surface area (TPSA) is 150 Å². The van der Waals surface area contributed by atoms with Crippen molar-refractivity contribution in [3.63, 3.8) is 0 Å². The standard InChI is InChI=1S/C25H28N6O4S/c1-4-18-11-12-31(30-18,21-10-9-19(35-2)13-17(21)14-26)24-28-15-25(16-29-24,23(27)32)20-7-5-6-8-22(20)36(3,33)34/h5-13,15H,4,14,16,26H2,1-3H3,(H-,27,32)/p+1. The summed E-state index contributed by atoms with van der Waals surface area (Å²) in [7, 11) is -2.07. The van der Waals surface area contributed by atoms with Crippen molar-refractivity contribution in [3.05, 3.63) is 65.9 Å². The zero-order chi connectivity index (χ0) is 26.1. The molecule has 1 amide bonds. The minimum absolute atomic E-state index is 0.00530. The molecule has 2 aliphatic rings. The molecule has 4 rings (SSSR count). The zero-order valence-corrected chi connectivity index (χ0v) is 21.2. The van der Waals surface area contributed by atoms with Crippen LogP contribution in [0.1, 0.15) is 24.5 Å². The molecule has 0 saturated heterocycles. The molecule has 0 fully saturated rings. The van der Waals surface area contributed by atoms with E-state index in [0.717, 1.165) is 23.2 Å². The molecule has 2 unspecified atom stereocenters. The predicted octanol–water partition coefficient (Wildman–Crippen LogP) is 2.02. The zero-order valence-electron chi connectivity index (χ0n) is 20.4. The Hall–Kier alpha value is -3.67. The van der Waals surface area contributed by atoms with Gasteiger partial charge in [-0.05, 0) is 30.2 Å². The van der Waals surface area contributed by atoms with Gasteiger partial charge in [0.15, 0.2) is 15.5 Å². The van der Waals surface area contributed by atoms with E-state index in [1.807, 2.05) is 37.4 Å². The lowest BCUT2D eigenvalue weighted by molar-refractivity contribution is -0.120. The van der Waals surface area contributed by atoms with Gasteiger partial charge in [0.1, 0.15) is 23.1 Å². The van der Waals surface area contributed by atoms with Gasteiger partial charge in [-0.2, -0.15) is 4.99 Å². The summed E-state index contributed by atoms with van der Waals surface area (Å²) in [6.45, 7) is 2.08. The first-order valence-corrected chi connectivity index (χ1v) is 13.2. The van der Waals surface area contributed by atoms with Crippen LogP contribution in [0.3, 0.4) is 0 Å². The third kappa shape index (κ3) is 4.15. The van der Waals surface area contributed by atoms with Crippen molar-refractivity contribution in [1.82, 2.24) is 4.59 Å². The summed E-state index contributed by atoms with van der Waals surface area (Å²) in [4.78, 5) is 22.1. The molecule has 0 aliphatic carbocycles. The number of hydrogen-bond acceptors (Lipinski definition) is 8. The van der Waals surface area contributed by atoms with Crippen LogP contribution < -0.4 is 20.8 Å². The summed E-state index contributed by atoms with van der Waals surface area (Å²) in [5, 5.41) is 4.91. The van der Waals surface area contributed by atoms with E-state index >= 15 is 0 Å². The fraction of sp³-hybridized carbons (Fsp3) is 0.280. The Bertz CT molecular complexity index is 1450. The second-order valence-corrected chi connectivity index (χ2v) is 10.6. The Labute approximate surface area is 210 Å². The molecule has 0 bridgehead atoms. The number of sulfone groups is 1. The summed E-state index contributed by atoms with van der Waals surface area (Å²) in [6.07, 6.45) is 6.92. The molecule has 2 aliphatic heterocycles. The normalized spacial score (nSPS) is 23.3. The van der Waals surface area contributed by atoms with Crippen molar-refractivity contribution in [2.75, 3.05) is 19.9 Å². The highest BCUT2D eigenvalue weighted by Crippen LogP contribution is 2.38. The maximum Gasteiger partial charge on any atom is 0.361 e. The summed E-state index contributed by atoms with van der Waals surface area (Å²) < 4.78 is 30.1. The number of carbonyl (C=O) groups excluding carboxylic acids is 1. The second-order valence-electron chi connectivity index (χ2n) is 8.62. The van der Waals surface area contributed by atoms with Crippen molar-refractivity contribution < 1.29 is 17.9 Å². The molecule has 2 aromatic rings. The molecule has 4 N–H and O–H groups in total. The monoisotopic (exact) mass is 509 g/mol.